The number of aromatic nitrogens is 2. The van der Waals surface area contributed by atoms with Gasteiger partial charge in [0.05, 0.1) is 6.54 Å². The van der Waals surface area contributed by atoms with Crippen molar-refractivity contribution in [3.8, 4) is 0 Å². The summed E-state index contributed by atoms with van der Waals surface area (Å²) in [5, 5.41) is 1.83. The van der Waals surface area contributed by atoms with Crippen LogP contribution in [0.25, 0.3) is 0 Å². The molecule has 1 N–H and O–H groups in total. The molecule has 0 aromatic carbocycles. The maximum atomic E-state index is 13.3. The van der Waals surface area contributed by atoms with E-state index >= 15 is 0 Å². The molecule has 5 nitrogen and oxygen atoms in total. The van der Waals surface area contributed by atoms with Crippen molar-refractivity contribution >= 4 is 21.4 Å². The summed E-state index contributed by atoms with van der Waals surface area (Å²) >= 11 is 1.34. The average molecular weight is 287 g/mol. The lowest BCUT2D eigenvalue weighted by atomic mass is 10.5. The second-order valence-electron chi connectivity index (χ2n) is 3.50. The lowest BCUT2D eigenvalue weighted by Gasteiger charge is -2.04. The first-order valence-electron chi connectivity index (χ1n) is 5.00. The van der Waals surface area contributed by atoms with Gasteiger partial charge in [-0.2, -0.15) is 0 Å². The normalized spacial score (nSPS) is 11.7. The van der Waals surface area contributed by atoms with E-state index in [9.17, 15) is 12.8 Å². The lowest BCUT2D eigenvalue weighted by Crippen LogP contribution is -2.25. The van der Waals surface area contributed by atoms with E-state index in [1.165, 1.54) is 23.6 Å². The van der Waals surface area contributed by atoms with Crippen LogP contribution in [-0.4, -0.2) is 18.4 Å². The van der Waals surface area contributed by atoms with E-state index in [2.05, 4.69) is 14.7 Å². The van der Waals surface area contributed by atoms with Gasteiger partial charge in [0.25, 0.3) is 10.0 Å². The predicted octanol–water partition coefficient (Wildman–Crippen LogP) is 1.46. The van der Waals surface area contributed by atoms with Crippen LogP contribution in [-0.2, 0) is 16.6 Å². The van der Waals surface area contributed by atoms with Gasteiger partial charge >= 0.3 is 0 Å². The van der Waals surface area contributed by atoms with Crippen molar-refractivity contribution in [2.45, 2.75) is 18.5 Å². The van der Waals surface area contributed by atoms with E-state index in [1.54, 1.807) is 0 Å². The minimum Gasteiger partial charge on any atom is -0.245 e. The van der Waals surface area contributed by atoms with Crippen molar-refractivity contribution in [2.24, 2.45) is 0 Å². The molecular formula is C10H10FN3O2S2. The molecule has 0 bridgehead atoms. The standard InChI is InChI=1S/C10H10FN3O2S2/c1-7-6-17-9(14-7)5-13-18(15,16)10-8(11)3-2-4-12-10/h2-4,6,13H,5H2,1H3. The van der Waals surface area contributed by atoms with Crippen molar-refractivity contribution in [1.29, 1.82) is 0 Å². The third-order valence-corrected chi connectivity index (χ3v) is 4.36. The van der Waals surface area contributed by atoms with Crippen molar-refractivity contribution in [2.75, 3.05) is 0 Å². The molecule has 0 aliphatic rings. The van der Waals surface area contributed by atoms with Crippen LogP contribution in [0.15, 0.2) is 28.7 Å². The molecule has 0 spiro atoms. The van der Waals surface area contributed by atoms with Gasteiger partial charge < -0.3 is 0 Å². The SMILES string of the molecule is Cc1csc(CNS(=O)(=O)c2ncccc2F)n1. The molecule has 0 aliphatic carbocycles. The molecule has 0 radical (unpaired) electrons. The van der Waals surface area contributed by atoms with Gasteiger partial charge in [0.2, 0.25) is 5.03 Å². The summed E-state index contributed by atoms with van der Waals surface area (Å²) in [6.07, 6.45) is 1.23. The van der Waals surface area contributed by atoms with Gasteiger partial charge in [-0.15, -0.1) is 11.3 Å². The maximum absolute atomic E-state index is 13.3. The highest BCUT2D eigenvalue weighted by molar-refractivity contribution is 7.89. The Balaban J connectivity index is 2.16. The zero-order chi connectivity index (χ0) is 13.2. The Kier molecular flexibility index (Phi) is 3.69. The number of halogens is 1. The van der Waals surface area contributed by atoms with Crippen molar-refractivity contribution in [3.05, 3.63) is 40.2 Å². The van der Waals surface area contributed by atoms with Crippen molar-refractivity contribution in [3.63, 3.8) is 0 Å². The summed E-state index contributed by atoms with van der Waals surface area (Å²) in [7, 11) is -3.95. The van der Waals surface area contributed by atoms with Crippen LogP contribution in [0.2, 0.25) is 0 Å². The fourth-order valence-corrected chi connectivity index (χ4v) is 3.07. The van der Waals surface area contributed by atoms with Crippen molar-refractivity contribution < 1.29 is 12.8 Å². The molecular weight excluding hydrogens is 277 g/mol. The molecule has 2 aromatic rings. The van der Waals surface area contributed by atoms with Gasteiger partial charge in [-0.25, -0.2) is 27.5 Å². The summed E-state index contributed by atoms with van der Waals surface area (Å²) in [5.41, 5.74) is 0.818. The summed E-state index contributed by atoms with van der Waals surface area (Å²) in [6.45, 7) is 1.84. The molecule has 2 rings (SSSR count). The molecule has 18 heavy (non-hydrogen) atoms. The highest BCUT2D eigenvalue weighted by atomic mass is 32.2. The number of thiazole rings is 1. The summed E-state index contributed by atoms with van der Waals surface area (Å²) in [6, 6.07) is 2.38. The van der Waals surface area contributed by atoms with Crippen LogP contribution in [0.3, 0.4) is 0 Å². The van der Waals surface area contributed by atoms with E-state index in [0.29, 0.717) is 5.01 Å². The smallest absolute Gasteiger partial charge is 0.245 e. The largest absolute Gasteiger partial charge is 0.261 e. The predicted molar refractivity (Wildman–Crippen MR) is 65.1 cm³/mol. The number of sulfonamides is 1. The molecule has 96 valence electrons. The molecule has 2 aromatic heterocycles. The summed E-state index contributed by atoms with van der Waals surface area (Å²) in [4.78, 5) is 7.63. The molecule has 0 fully saturated rings. The molecule has 0 saturated heterocycles. The van der Waals surface area contributed by atoms with Crippen LogP contribution in [0, 0.1) is 12.7 Å². The van der Waals surface area contributed by atoms with E-state index in [1.807, 2.05) is 12.3 Å². The summed E-state index contributed by atoms with van der Waals surface area (Å²) in [5.74, 6) is -0.875. The lowest BCUT2D eigenvalue weighted by molar-refractivity contribution is 0.544. The highest BCUT2D eigenvalue weighted by Gasteiger charge is 2.20. The second kappa shape index (κ2) is 5.09. The molecule has 0 amide bonds. The minimum atomic E-state index is -3.95. The zero-order valence-corrected chi connectivity index (χ0v) is 11.1. The zero-order valence-electron chi connectivity index (χ0n) is 9.42. The second-order valence-corrected chi connectivity index (χ2v) is 6.12. The van der Waals surface area contributed by atoms with E-state index in [4.69, 9.17) is 0 Å². The van der Waals surface area contributed by atoms with Gasteiger partial charge in [0.15, 0.2) is 5.82 Å². The van der Waals surface area contributed by atoms with Crippen LogP contribution in [0.4, 0.5) is 4.39 Å². The third kappa shape index (κ3) is 2.89. The van der Waals surface area contributed by atoms with Crippen LogP contribution >= 0.6 is 11.3 Å². The Hall–Kier alpha value is -1.38. The molecule has 8 heteroatoms. The van der Waals surface area contributed by atoms with Gasteiger partial charge in [0.1, 0.15) is 5.01 Å². The molecule has 0 unspecified atom stereocenters. The van der Waals surface area contributed by atoms with Gasteiger partial charge in [-0.1, -0.05) is 0 Å². The van der Waals surface area contributed by atoms with Gasteiger partial charge in [0, 0.05) is 17.3 Å². The fourth-order valence-electron chi connectivity index (χ4n) is 1.28. The number of pyridine rings is 1. The number of hydrogen-bond acceptors (Lipinski definition) is 5. The Morgan fingerprint density at radius 2 is 2.28 bits per heavy atom. The van der Waals surface area contributed by atoms with Crippen LogP contribution in [0.1, 0.15) is 10.7 Å². The van der Waals surface area contributed by atoms with E-state index < -0.39 is 20.9 Å². The molecule has 2 heterocycles. The molecule has 0 saturated carbocycles. The Labute approximate surface area is 108 Å². The number of nitrogens with one attached hydrogen (secondary N) is 1. The fraction of sp³-hybridized carbons (Fsp3) is 0.200. The molecule has 0 aliphatic heterocycles. The maximum Gasteiger partial charge on any atom is 0.261 e. The Bertz CT molecular complexity index is 655. The van der Waals surface area contributed by atoms with Crippen LogP contribution in [0.5, 0.6) is 0 Å². The quantitative estimate of drug-likeness (QED) is 0.924. The number of aryl methyl sites for hydroxylation is 1. The van der Waals surface area contributed by atoms with Crippen LogP contribution < -0.4 is 4.72 Å². The van der Waals surface area contributed by atoms with Crippen molar-refractivity contribution in [1.82, 2.24) is 14.7 Å². The third-order valence-electron chi connectivity index (χ3n) is 2.06. The Morgan fingerprint density at radius 3 is 2.89 bits per heavy atom. The first-order chi connectivity index (χ1) is 8.49. The average Bonchev–Trinajstić information content (AvgIpc) is 2.73. The summed E-state index contributed by atoms with van der Waals surface area (Å²) < 4.78 is 39.2. The number of rotatable bonds is 4. The monoisotopic (exact) mass is 287 g/mol. The van der Waals surface area contributed by atoms with E-state index in [-0.39, 0.29) is 6.54 Å². The first-order valence-corrected chi connectivity index (χ1v) is 7.36. The number of nitrogens with zero attached hydrogens (tertiary/aromatic N) is 2. The molecule has 0 atom stereocenters. The van der Waals surface area contributed by atoms with Gasteiger partial charge in [-0.05, 0) is 19.1 Å². The topological polar surface area (TPSA) is 72.0 Å². The number of hydrogen-bond donors (Lipinski definition) is 1. The minimum absolute atomic E-state index is 0.0247. The highest BCUT2D eigenvalue weighted by Crippen LogP contribution is 2.12. The van der Waals surface area contributed by atoms with Gasteiger partial charge in [-0.3, -0.25) is 0 Å². The Morgan fingerprint density at radius 1 is 1.50 bits per heavy atom. The first kappa shape index (κ1) is 13.1. The van der Waals surface area contributed by atoms with E-state index in [0.717, 1.165) is 11.8 Å².